The van der Waals surface area contributed by atoms with Gasteiger partial charge in [0.05, 0.1) is 13.7 Å². The molecule has 0 aliphatic rings. The van der Waals surface area contributed by atoms with Gasteiger partial charge < -0.3 is 15.8 Å². The summed E-state index contributed by atoms with van der Waals surface area (Å²) in [4.78, 5) is 7.39. The minimum atomic E-state index is -2.45. The Balaban J connectivity index is 2.71. The fourth-order valence-electron chi connectivity index (χ4n) is 0.820. The molecule has 0 radical (unpaired) electrons. The van der Waals surface area contributed by atoms with Crippen LogP contribution in [0.4, 0.5) is 20.5 Å². The summed E-state index contributed by atoms with van der Waals surface area (Å²) in [6.45, 7) is -0.487. The number of anilines is 2. The normalized spacial score (nSPS) is 10.3. The van der Waals surface area contributed by atoms with Gasteiger partial charge in [0.2, 0.25) is 11.8 Å². The molecule has 14 heavy (non-hydrogen) atoms. The van der Waals surface area contributed by atoms with Gasteiger partial charge in [-0.15, -0.1) is 0 Å². The van der Waals surface area contributed by atoms with Crippen LogP contribution in [0, 0.1) is 0 Å². The monoisotopic (exact) mass is 204 g/mol. The minimum absolute atomic E-state index is 0.0267. The Labute approximate surface area is 79.3 Å². The number of hydrogen-bond donors (Lipinski definition) is 2. The van der Waals surface area contributed by atoms with E-state index in [1.165, 1.54) is 13.2 Å². The van der Waals surface area contributed by atoms with Crippen LogP contribution < -0.4 is 15.8 Å². The van der Waals surface area contributed by atoms with Crippen molar-refractivity contribution in [3.05, 3.63) is 6.07 Å². The molecule has 0 bridgehead atoms. The van der Waals surface area contributed by atoms with Crippen molar-refractivity contribution in [3.8, 4) is 5.88 Å². The van der Waals surface area contributed by atoms with Crippen molar-refractivity contribution >= 4 is 11.8 Å². The zero-order valence-electron chi connectivity index (χ0n) is 7.50. The first-order valence-corrected chi connectivity index (χ1v) is 3.82. The fourth-order valence-corrected chi connectivity index (χ4v) is 0.820. The minimum Gasteiger partial charge on any atom is -0.481 e. The third-order valence-electron chi connectivity index (χ3n) is 1.37. The SMILES string of the molecule is COc1cc(NCC(F)F)nc(N)n1. The van der Waals surface area contributed by atoms with Gasteiger partial charge in [0.15, 0.2) is 0 Å². The second kappa shape index (κ2) is 4.54. The highest BCUT2D eigenvalue weighted by molar-refractivity contribution is 5.42. The molecule has 1 aromatic heterocycles. The highest BCUT2D eigenvalue weighted by Gasteiger charge is 2.05. The zero-order valence-corrected chi connectivity index (χ0v) is 7.50. The van der Waals surface area contributed by atoms with Gasteiger partial charge in [-0.05, 0) is 0 Å². The maximum absolute atomic E-state index is 11.8. The molecule has 7 heteroatoms. The van der Waals surface area contributed by atoms with Crippen molar-refractivity contribution in [1.82, 2.24) is 9.97 Å². The molecule has 1 aromatic rings. The lowest BCUT2D eigenvalue weighted by Crippen LogP contribution is -2.12. The maximum Gasteiger partial charge on any atom is 0.255 e. The summed E-state index contributed by atoms with van der Waals surface area (Å²) < 4.78 is 28.5. The highest BCUT2D eigenvalue weighted by Crippen LogP contribution is 2.13. The van der Waals surface area contributed by atoms with E-state index in [0.29, 0.717) is 0 Å². The van der Waals surface area contributed by atoms with E-state index >= 15 is 0 Å². The number of nitrogens with zero attached hydrogens (tertiary/aromatic N) is 2. The van der Waals surface area contributed by atoms with Crippen LogP contribution in [0.3, 0.4) is 0 Å². The third kappa shape index (κ3) is 3.00. The van der Waals surface area contributed by atoms with E-state index in [1.807, 2.05) is 0 Å². The first-order valence-electron chi connectivity index (χ1n) is 3.82. The third-order valence-corrected chi connectivity index (χ3v) is 1.37. The van der Waals surface area contributed by atoms with Gasteiger partial charge in [0.25, 0.3) is 6.43 Å². The number of hydrogen-bond acceptors (Lipinski definition) is 5. The van der Waals surface area contributed by atoms with E-state index < -0.39 is 13.0 Å². The Hall–Kier alpha value is -1.66. The standard InChI is InChI=1S/C7H10F2N4O/c1-14-6-2-5(11-3-4(8)9)12-7(10)13-6/h2,4H,3H2,1H3,(H3,10,11,12,13). The van der Waals surface area contributed by atoms with Gasteiger partial charge in [-0.2, -0.15) is 9.97 Å². The second-order valence-corrected chi connectivity index (χ2v) is 2.43. The van der Waals surface area contributed by atoms with Crippen LogP contribution in [-0.2, 0) is 0 Å². The number of aromatic nitrogens is 2. The molecule has 0 saturated heterocycles. The molecule has 5 nitrogen and oxygen atoms in total. The van der Waals surface area contributed by atoms with Crippen molar-refractivity contribution in [1.29, 1.82) is 0 Å². The van der Waals surface area contributed by atoms with Crippen LogP contribution in [0.25, 0.3) is 0 Å². The highest BCUT2D eigenvalue weighted by atomic mass is 19.3. The van der Waals surface area contributed by atoms with Crippen molar-refractivity contribution in [2.75, 3.05) is 24.7 Å². The molecule has 0 aromatic carbocycles. The molecule has 0 atom stereocenters. The lowest BCUT2D eigenvalue weighted by molar-refractivity contribution is 0.163. The Bertz CT molecular complexity index is 308. The summed E-state index contributed by atoms with van der Waals surface area (Å²) in [6, 6.07) is 1.39. The fraction of sp³-hybridized carbons (Fsp3) is 0.429. The maximum atomic E-state index is 11.8. The van der Waals surface area contributed by atoms with Gasteiger partial charge in [0, 0.05) is 6.07 Å². The number of ether oxygens (including phenoxy) is 1. The van der Waals surface area contributed by atoms with Gasteiger partial charge in [-0.1, -0.05) is 0 Å². The molecule has 0 spiro atoms. The van der Waals surface area contributed by atoms with Gasteiger partial charge in [0.1, 0.15) is 5.82 Å². The summed E-state index contributed by atoms with van der Waals surface area (Å²) in [6.07, 6.45) is -2.45. The molecule has 3 N–H and O–H groups in total. The van der Waals surface area contributed by atoms with Crippen molar-refractivity contribution in [2.45, 2.75) is 6.43 Å². The molecule has 1 rings (SSSR count). The van der Waals surface area contributed by atoms with E-state index in [0.717, 1.165) is 0 Å². The molecule has 0 aliphatic carbocycles. The van der Waals surface area contributed by atoms with Crippen LogP contribution in [0.15, 0.2) is 6.07 Å². The zero-order chi connectivity index (χ0) is 10.6. The Kier molecular flexibility index (Phi) is 3.38. The average molecular weight is 204 g/mol. The van der Waals surface area contributed by atoms with E-state index in [1.54, 1.807) is 0 Å². The lowest BCUT2D eigenvalue weighted by atomic mass is 10.5. The number of nitrogens with two attached hydrogens (primary N) is 1. The van der Waals surface area contributed by atoms with Gasteiger partial charge in [-0.3, -0.25) is 0 Å². The molecule has 0 amide bonds. The predicted molar refractivity (Wildman–Crippen MR) is 47.5 cm³/mol. The first kappa shape index (κ1) is 10.4. The van der Waals surface area contributed by atoms with Crippen LogP contribution >= 0.6 is 0 Å². The summed E-state index contributed by atoms with van der Waals surface area (Å²) in [5.41, 5.74) is 5.31. The van der Waals surface area contributed by atoms with E-state index in [4.69, 9.17) is 10.5 Å². The van der Waals surface area contributed by atoms with Crippen LogP contribution in [-0.4, -0.2) is 30.0 Å². The first-order chi connectivity index (χ1) is 6.61. The molecule has 0 aliphatic heterocycles. The number of nitrogen functional groups attached to an aromatic ring is 1. The van der Waals surface area contributed by atoms with Crippen LogP contribution in [0.5, 0.6) is 5.88 Å². The number of alkyl halides is 2. The molecular formula is C7H10F2N4O. The predicted octanol–water partition coefficient (Wildman–Crippen LogP) is 0.744. The van der Waals surface area contributed by atoms with Crippen molar-refractivity contribution in [2.24, 2.45) is 0 Å². The number of methoxy groups -OCH3 is 1. The molecular weight excluding hydrogens is 194 g/mol. The smallest absolute Gasteiger partial charge is 0.255 e. The van der Waals surface area contributed by atoms with E-state index in [9.17, 15) is 8.78 Å². The molecule has 0 unspecified atom stereocenters. The Morgan fingerprint density at radius 2 is 2.29 bits per heavy atom. The number of rotatable bonds is 4. The topological polar surface area (TPSA) is 73.1 Å². The summed E-state index contributed by atoms with van der Waals surface area (Å²) in [5, 5.41) is 2.40. The van der Waals surface area contributed by atoms with Gasteiger partial charge >= 0.3 is 0 Å². The second-order valence-electron chi connectivity index (χ2n) is 2.43. The van der Waals surface area contributed by atoms with Gasteiger partial charge in [-0.25, -0.2) is 8.78 Å². The van der Waals surface area contributed by atoms with Crippen molar-refractivity contribution in [3.63, 3.8) is 0 Å². The largest absolute Gasteiger partial charge is 0.481 e. The van der Waals surface area contributed by atoms with E-state index in [-0.39, 0.29) is 17.6 Å². The van der Waals surface area contributed by atoms with Crippen LogP contribution in [0.2, 0.25) is 0 Å². The number of nitrogens with one attached hydrogen (secondary N) is 1. The quantitative estimate of drug-likeness (QED) is 0.756. The Morgan fingerprint density at radius 1 is 1.57 bits per heavy atom. The average Bonchev–Trinajstić information content (AvgIpc) is 2.14. The summed E-state index contributed by atoms with van der Waals surface area (Å²) >= 11 is 0. The summed E-state index contributed by atoms with van der Waals surface area (Å²) in [5.74, 6) is 0.421. The van der Waals surface area contributed by atoms with Crippen LogP contribution in [0.1, 0.15) is 0 Å². The molecule has 0 fully saturated rings. The summed E-state index contributed by atoms with van der Waals surface area (Å²) in [7, 11) is 1.40. The number of halogens is 2. The van der Waals surface area contributed by atoms with Crippen molar-refractivity contribution < 1.29 is 13.5 Å². The molecule has 0 saturated carbocycles. The van der Waals surface area contributed by atoms with E-state index in [2.05, 4.69) is 15.3 Å². The molecule has 78 valence electrons. The molecule has 1 heterocycles. The Morgan fingerprint density at radius 3 is 2.86 bits per heavy atom. The lowest BCUT2D eigenvalue weighted by Gasteiger charge is -2.06.